The number of nitrogens with zero attached hydrogens (tertiary/aromatic N) is 4. The molecule has 0 saturated heterocycles. The number of benzene rings is 1. The van der Waals surface area contributed by atoms with Gasteiger partial charge in [0.15, 0.2) is 5.69 Å². The summed E-state index contributed by atoms with van der Waals surface area (Å²) in [5.41, 5.74) is 4.67. The molecule has 0 atom stereocenters. The van der Waals surface area contributed by atoms with Gasteiger partial charge in [0, 0.05) is 23.2 Å². The van der Waals surface area contributed by atoms with E-state index >= 15 is 0 Å². The topological polar surface area (TPSA) is 86.5 Å². The lowest BCUT2D eigenvalue weighted by atomic mass is 9.89. The molecule has 3 heterocycles. The SMILES string of the molecule is Cc1noc(-c2c(-c3ccc(C#CC4CCCCC4)cc3)nc3c(C)cccn23)c1[N+](=O)[O-]. The number of fused-ring (bicyclic) bond motifs is 1. The standard InChI is InChI=1S/C26H24N4O3/c1-17-7-6-16-29-24(25-23(30(31)32)18(2)28-33-25)22(27-26(17)29)21-14-12-20(13-15-21)11-10-19-8-4-3-5-9-19/h6-7,12-16,19H,3-5,8-9H2,1-2H3. The van der Waals surface area contributed by atoms with E-state index in [1.165, 1.54) is 32.1 Å². The van der Waals surface area contributed by atoms with Gasteiger partial charge >= 0.3 is 5.69 Å². The van der Waals surface area contributed by atoms with Gasteiger partial charge in [0.2, 0.25) is 0 Å². The number of aromatic nitrogens is 3. The summed E-state index contributed by atoms with van der Waals surface area (Å²) in [4.78, 5) is 16.1. The number of rotatable bonds is 3. The Kier molecular flexibility index (Phi) is 5.43. The Morgan fingerprint density at radius 1 is 1.12 bits per heavy atom. The minimum Gasteiger partial charge on any atom is -0.347 e. The third kappa shape index (κ3) is 3.89. The number of nitro groups is 1. The second kappa shape index (κ2) is 8.55. The summed E-state index contributed by atoms with van der Waals surface area (Å²) in [5.74, 6) is 7.32. The zero-order chi connectivity index (χ0) is 22.9. The lowest BCUT2D eigenvalue weighted by Crippen LogP contribution is -2.02. The van der Waals surface area contributed by atoms with E-state index in [9.17, 15) is 10.1 Å². The molecule has 0 N–H and O–H groups in total. The van der Waals surface area contributed by atoms with Crippen molar-refractivity contribution in [1.82, 2.24) is 14.5 Å². The summed E-state index contributed by atoms with van der Waals surface area (Å²) in [7, 11) is 0. The van der Waals surface area contributed by atoms with Crippen LogP contribution in [0.2, 0.25) is 0 Å². The highest BCUT2D eigenvalue weighted by Crippen LogP contribution is 2.39. The molecule has 0 bridgehead atoms. The lowest BCUT2D eigenvalue weighted by Gasteiger charge is -2.15. The average Bonchev–Trinajstić information content (AvgIpc) is 3.40. The monoisotopic (exact) mass is 440 g/mol. The predicted molar refractivity (Wildman–Crippen MR) is 126 cm³/mol. The van der Waals surface area contributed by atoms with Gasteiger partial charge in [0.05, 0.1) is 4.92 Å². The van der Waals surface area contributed by atoms with Gasteiger partial charge in [-0.25, -0.2) is 4.98 Å². The summed E-state index contributed by atoms with van der Waals surface area (Å²) in [5, 5.41) is 15.6. The third-order valence-electron chi connectivity index (χ3n) is 6.26. The van der Waals surface area contributed by atoms with E-state index in [-0.39, 0.29) is 17.1 Å². The van der Waals surface area contributed by atoms with Crippen LogP contribution in [0, 0.1) is 41.7 Å². The van der Waals surface area contributed by atoms with Gasteiger partial charge in [0.25, 0.3) is 5.76 Å². The van der Waals surface area contributed by atoms with Crippen LogP contribution >= 0.6 is 0 Å². The van der Waals surface area contributed by atoms with Gasteiger partial charge in [-0.2, -0.15) is 0 Å². The van der Waals surface area contributed by atoms with Gasteiger partial charge in [-0.3, -0.25) is 14.5 Å². The van der Waals surface area contributed by atoms with Crippen molar-refractivity contribution in [3.63, 3.8) is 0 Å². The number of hydrogen-bond acceptors (Lipinski definition) is 5. The Bertz CT molecular complexity index is 1400. The molecular formula is C26H24N4O3. The number of hydrogen-bond donors (Lipinski definition) is 0. The smallest absolute Gasteiger partial charge is 0.340 e. The molecule has 0 amide bonds. The summed E-state index contributed by atoms with van der Waals surface area (Å²) < 4.78 is 7.29. The number of pyridine rings is 1. The van der Waals surface area contributed by atoms with Gasteiger partial charge in [-0.1, -0.05) is 54.5 Å². The Hall–Kier alpha value is -3.92. The van der Waals surface area contributed by atoms with Crippen LogP contribution in [0.15, 0.2) is 47.1 Å². The van der Waals surface area contributed by atoms with Crippen LogP contribution in [0.25, 0.3) is 28.4 Å². The molecule has 5 rings (SSSR count). The van der Waals surface area contributed by atoms with Crippen molar-refractivity contribution in [2.75, 3.05) is 0 Å². The molecule has 1 aromatic carbocycles. The van der Waals surface area contributed by atoms with Crippen molar-refractivity contribution >= 4 is 11.3 Å². The first kappa shape index (κ1) is 21.0. The molecule has 0 radical (unpaired) electrons. The molecule has 0 unspecified atom stereocenters. The largest absolute Gasteiger partial charge is 0.347 e. The molecule has 7 heteroatoms. The van der Waals surface area contributed by atoms with Crippen molar-refractivity contribution in [2.45, 2.75) is 46.0 Å². The van der Waals surface area contributed by atoms with Crippen molar-refractivity contribution < 1.29 is 9.45 Å². The first-order valence-corrected chi connectivity index (χ1v) is 11.2. The number of aryl methyl sites for hydroxylation is 2. The molecule has 1 aliphatic carbocycles. The molecule has 0 aliphatic heterocycles. The number of imidazole rings is 1. The first-order chi connectivity index (χ1) is 16.0. The minimum absolute atomic E-state index is 0.103. The minimum atomic E-state index is -0.454. The van der Waals surface area contributed by atoms with Gasteiger partial charge in [0.1, 0.15) is 17.0 Å². The van der Waals surface area contributed by atoms with Crippen LogP contribution in [0.4, 0.5) is 5.69 Å². The Morgan fingerprint density at radius 2 is 1.88 bits per heavy atom. The van der Waals surface area contributed by atoms with Crippen molar-refractivity contribution in [3.8, 4) is 34.6 Å². The second-order valence-electron chi connectivity index (χ2n) is 8.58. The van der Waals surface area contributed by atoms with E-state index in [1.807, 2.05) is 53.9 Å². The molecule has 33 heavy (non-hydrogen) atoms. The molecule has 7 nitrogen and oxygen atoms in total. The zero-order valence-electron chi connectivity index (χ0n) is 18.7. The summed E-state index contributed by atoms with van der Waals surface area (Å²) >= 11 is 0. The molecule has 166 valence electrons. The second-order valence-corrected chi connectivity index (χ2v) is 8.58. The quantitative estimate of drug-likeness (QED) is 0.218. The van der Waals surface area contributed by atoms with E-state index in [2.05, 4.69) is 17.0 Å². The maximum Gasteiger partial charge on any atom is 0.340 e. The Labute approximate surface area is 191 Å². The van der Waals surface area contributed by atoms with Gasteiger partial charge < -0.3 is 4.52 Å². The van der Waals surface area contributed by atoms with Crippen molar-refractivity contribution in [1.29, 1.82) is 0 Å². The van der Waals surface area contributed by atoms with Crippen LogP contribution in [0.3, 0.4) is 0 Å². The summed E-state index contributed by atoms with van der Waals surface area (Å²) in [6.07, 6.45) is 8.05. The first-order valence-electron chi connectivity index (χ1n) is 11.2. The summed E-state index contributed by atoms with van der Waals surface area (Å²) in [6.45, 7) is 3.53. The van der Waals surface area contributed by atoms with Crippen molar-refractivity contribution in [2.24, 2.45) is 5.92 Å². The van der Waals surface area contributed by atoms with Gasteiger partial charge in [-0.15, -0.1) is 0 Å². The van der Waals surface area contributed by atoms with Crippen molar-refractivity contribution in [3.05, 3.63) is 69.5 Å². The van der Waals surface area contributed by atoms with E-state index < -0.39 is 4.92 Å². The highest BCUT2D eigenvalue weighted by Gasteiger charge is 2.31. The molecular weight excluding hydrogens is 416 g/mol. The van der Waals surface area contributed by atoms with Crippen LogP contribution in [-0.2, 0) is 0 Å². The molecule has 1 saturated carbocycles. The van der Waals surface area contributed by atoms with Crippen LogP contribution < -0.4 is 0 Å². The lowest BCUT2D eigenvalue weighted by molar-refractivity contribution is -0.385. The molecule has 3 aromatic heterocycles. The molecule has 1 aliphatic rings. The Morgan fingerprint density at radius 3 is 2.61 bits per heavy atom. The fourth-order valence-corrected chi connectivity index (χ4v) is 4.50. The van der Waals surface area contributed by atoms with Crippen LogP contribution in [-0.4, -0.2) is 19.5 Å². The third-order valence-corrected chi connectivity index (χ3v) is 6.26. The van der Waals surface area contributed by atoms with Crippen LogP contribution in [0.1, 0.15) is 48.9 Å². The zero-order valence-corrected chi connectivity index (χ0v) is 18.7. The van der Waals surface area contributed by atoms with Gasteiger partial charge in [-0.05, 0) is 50.5 Å². The predicted octanol–water partition coefficient (Wildman–Crippen LogP) is 6.11. The highest BCUT2D eigenvalue weighted by molar-refractivity contribution is 5.84. The Balaban J connectivity index is 1.60. The normalized spacial score (nSPS) is 14.2. The van der Waals surface area contributed by atoms with Crippen LogP contribution in [0.5, 0.6) is 0 Å². The maximum atomic E-state index is 11.8. The van der Waals surface area contributed by atoms with E-state index in [0.29, 0.717) is 23.0 Å². The van der Waals surface area contributed by atoms with E-state index in [4.69, 9.17) is 9.51 Å². The average molecular weight is 441 g/mol. The molecule has 0 spiro atoms. The van der Waals surface area contributed by atoms with E-state index in [1.54, 1.807) is 6.92 Å². The molecule has 4 aromatic rings. The maximum absolute atomic E-state index is 11.8. The fraction of sp³-hybridized carbons (Fsp3) is 0.308. The fourth-order valence-electron chi connectivity index (χ4n) is 4.50. The summed E-state index contributed by atoms with van der Waals surface area (Å²) in [6, 6.07) is 11.7. The highest BCUT2D eigenvalue weighted by atomic mass is 16.6. The van der Waals surface area contributed by atoms with E-state index in [0.717, 1.165) is 16.7 Å². The molecule has 1 fully saturated rings.